The van der Waals surface area contributed by atoms with Gasteiger partial charge in [0.1, 0.15) is 12.4 Å². The highest BCUT2D eigenvalue weighted by Gasteiger charge is 2.28. The summed E-state index contributed by atoms with van der Waals surface area (Å²) < 4.78 is 18.7. The Balaban J connectivity index is 1.29. The first-order valence-electron chi connectivity index (χ1n) is 10.1. The molecule has 3 aromatic rings. The van der Waals surface area contributed by atoms with Gasteiger partial charge in [0, 0.05) is 24.4 Å². The van der Waals surface area contributed by atoms with Gasteiger partial charge in [0.25, 0.3) is 0 Å². The number of hydrogen-bond donors (Lipinski definition) is 2. The van der Waals surface area contributed by atoms with Gasteiger partial charge in [0.15, 0.2) is 0 Å². The highest BCUT2D eigenvalue weighted by Crippen LogP contribution is 2.44. The molecule has 156 valence electrons. The second-order valence-corrected chi connectivity index (χ2v) is 7.26. The number of aliphatic hydroxyl groups is 1. The van der Waals surface area contributed by atoms with E-state index in [1.165, 1.54) is 40.5 Å². The van der Waals surface area contributed by atoms with Gasteiger partial charge in [-0.3, -0.25) is 0 Å². The van der Waals surface area contributed by atoms with Gasteiger partial charge in [-0.15, -0.1) is 0 Å². The van der Waals surface area contributed by atoms with Crippen molar-refractivity contribution in [1.82, 2.24) is 5.32 Å². The summed E-state index contributed by atoms with van der Waals surface area (Å²) in [7, 11) is 0. The van der Waals surface area contributed by atoms with Gasteiger partial charge in [-0.05, 0) is 46.0 Å². The van der Waals surface area contributed by atoms with Crippen molar-refractivity contribution in [2.75, 3.05) is 13.2 Å². The van der Waals surface area contributed by atoms with Gasteiger partial charge >= 0.3 is 6.09 Å². The van der Waals surface area contributed by atoms with E-state index in [0.29, 0.717) is 24.1 Å². The zero-order valence-corrected chi connectivity index (χ0v) is 16.9. The third kappa shape index (κ3) is 4.60. The first-order chi connectivity index (χ1) is 15.2. The number of aliphatic hydroxyl groups excluding tert-OH is 1. The Morgan fingerprint density at radius 2 is 1.71 bits per heavy atom. The number of hydrogen-bond acceptors (Lipinski definition) is 3. The molecule has 5 heteroatoms. The summed E-state index contributed by atoms with van der Waals surface area (Å²) in [5, 5.41) is 12.0. The molecular formula is C26H22FNO3. The van der Waals surface area contributed by atoms with Crippen molar-refractivity contribution in [3.63, 3.8) is 0 Å². The summed E-state index contributed by atoms with van der Waals surface area (Å²) in [5.74, 6) is 5.43. The smallest absolute Gasteiger partial charge is 0.407 e. The van der Waals surface area contributed by atoms with E-state index in [1.807, 2.05) is 24.3 Å². The monoisotopic (exact) mass is 415 g/mol. The molecule has 1 aliphatic rings. The maximum Gasteiger partial charge on any atom is 0.407 e. The lowest BCUT2D eigenvalue weighted by atomic mass is 9.98. The molecule has 3 aromatic carbocycles. The van der Waals surface area contributed by atoms with E-state index in [1.54, 1.807) is 0 Å². The lowest BCUT2D eigenvalue weighted by Gasteiger charge is -2.14. The third-order valence-corrected chi connectivity index (χ3v) is 5.32. The molecule has 0 unspecified atom stereocenters. The molecule has 0 heterocycles. The number of fused-ring (bicyclic) bond motifs is 3. The molecule has 2 N–H and O–H groups in total. The highest BCUT2D eigenvalue weighted by atomic mass is 19.1. The summed E-state index contributed by atoms with van der Waals surface area (Å²) >= 11 is 0. The van der Waals surface area contributed by atoms with Crippen molar-refractivity contribution in [3.05, 3.63) is 94.8 Å². The van der Waals surface area contributed by atoms with Crippen molar-refractivity contribution in [2.24, 2.45) is 0 Å². The van der Waals surface area contributed by atoms with Crippen LogP contribution in [0.3, 0.4) is 0 Å². The summed E-state index contributed by atoms with van der Waals surface area (Å²) in [6, 6.07) is 20.5. The van der Waals surface area contributed by atoms with Crippen LogP contribution in [0.1, 0.15) is 34.6 Å². The molecule has 0 atom stereocenters. The fourth-order valence-electron chi connectivity index (χ4n) is 3.85. The number of carbonyl (C=O) groups excluding carboxylic acids is 1. The van der Waals surface area contributed by atoms with Crippen LogP contribution in [0, 0.1) is 17.7 Å². The summed E-state index contributed by atoms with van der Waals surface area (Å²) in [4.78, 5) is 12.1. The lowest BCUT2D eigenvalue weighted by molar-refractivity contribution is 0.143. The third-order valence-electron chi connectivity index (χ3n) is 5.32. The molecule has 0 aromatic heterocycles. The molecule has 0 aliphatic heterocycles. The molecule has 31 heavy (non-hydrogen) atoms. The number of ether oxygens (including phenoxy) is 1. The van der Waals surface area contributed by atoms with E-state index in [9.17, 15) is 14.3 Å². The Hall–Kier alpha value is -3.62. The number of benzene rings is 3. The maximum atomic E-state index is 13.2. The lowest BCUT2D eigenvalue weighted by Crippen LogP contribution is -2.26. The predicted octanol–water partition coefficient (Wildman–Crippen LogP) is 4.60. The SMILES string of the molecule is O=C(NCCC#Cc1ccc(F)cc1CO)OCC1c2ccccc2-c2ccccc21. The Morgan fingerprint density at radius 3 is 2.39 bits per heavy atom. The van der Waals surface area contributed by atoms with Crippen molar-refractivity contribution in [2.45, 2.75) is 18.9 Å². The van der Waals surface area contributed by atoms with E-state index in [0.717, 1.165) is 0 Å². The van der Waals surface area contributed by atoms with Crippen LogP contribution < -0.4 is 5.32 Å². The second-order valence-electron chi connectivity index (χ2n) is 7.26. The fraction of sp³-hybridized carbons (Fsp3) is 0.192. The zero-order valence-electron chi connectivity index (χ0n) is 16.9. The van der Waals surface area contributed by atoms with Crippen LogP contribution >= 0.6 is 0 Å². The van der Waals surface area contributed by atoms with Crippen LogP contribution in [0.2, 0.25) is 0 Å². The summed E-state index contributed by atoms with van der Waals surface area (Å²) in [6.07, 6.45) is -0.0756. The van der Waals surface area contributed by atoms with E-state index < -0.39 is 11.9 Å². The Labute approximate surface area is 180 Å². The fourth-order valence-corrected chi connectivity index (χ4v) is 3.85. The number of rotatable bonds is 5. The van der Waals surface area contributed by atoms with Crippen LogP contribution in [0.15, 0.2) is 66.7 Å². The van der Waals surface area contributed by atoms with Crippen LogP contribution in [0.25, 0.3) is 11.1 Å². The van der Waals surface area contributed by atoms with Crippen LogP contribution in [-0.4, -0.2) is 24.4 Å². The van der Waals surface area contributed by atoms with Gasteiger partial charge in [0.05, 0.1) is 6.61 Å². The molecule has 0 spiro atoms. The van der Waals surface area contributed by atoms with Gasteiger partial charge in [-0.1, -0.05) is 60.4 Å². The van der Waals surface area contributed by atoms with E-state index in [-0.39, 0.29) is 19.1 Å². The average molecular weight is 415 g/mol. The first kappa shape index (κ1) is 20.6. The molecule has 1 amide bonds. The van der Waals surface area contributed by atoms with E-state index >= 15 is 0 Å². The molecular weight excluding hydrogens is 393 g/mol. The van der Waals surface area contributed by atoms with Crippen molar-refractivity contribution in [1.29, 1.82) is 0 Å². The highest BCUT2D eigenvalue weighted by molar-refractivity contribution is 5.79. The normalized spacial score (nSPS) is 11.8. The Morgan fingerprint density at radius 1 is 1.03 bits per heavy atom. The Bertz CT molecular complexity index is 1120. The van der Waals surface area contributed by atoms with Crippen LogP contribution in [-0.2, 0) is 11.3 Å². The van der Waals surface area contributed by atoms with Crippen molar-refractivity contribution < 1.29 is 19.0 Å². The first-order valence-corrected chi connectivity index (χ1v) is 10.1. The minimum absolute atomic E-state index is 0.0216. The molecule has 0 saturated heterocycles. The molecule has 4 rings (SSSR count). The molecule has 1 aliphatic carbocycles. The Kier molecular flexibility index (Phi) is 6.30. The van der Waals surface area contributed by atoms with Crippen LogP contribution in [0.4, 0.5) is 9.18 Å². The molecule has 0 bridgehead atoms. The number of amides is 1. The molecule has 0 fully saturated rings. The number of carbonyl (C=O) groups is 1. The average Bonchev–Trinajstić information content (AvgIpc) is 3.12. The topological polar surface area (TPSA) is 58.6 Å². The van der Waals surface area contributed by atoms with Crippen molar-refractivity contribution >= 4 is 6.09 Å². The van der Waals surface area contributed by atoms with Crippen LogP contribution in [0.5, 0.6) is 0 Å². The summed E-state index contributed by atoms with van der Waals surface area (Å²) in [5.41, 5.74) is 5.72. The largest absolute Gasteiger partial charge is 0.449 e. The summed E-state index contributed by atoms with van der Waals surface area (Å²) in [6.45, 7) is 0.320. The van der Waals surface area contributed by atoms with Gasteiger partial charge in [-0.2, -0.15) is 0 Å². The number of halogens is 1. The zero-order chi connectivity index (χ0) is 21.6. The quantitative estimate of drug-likeness (QED) is 0.473. The van der Waals surface area contributed by atoms with E-state index in [4.69, 9.17) is 4.74 Å². The number of nitrogens with one attached hydrogen (secondary N) is 1. The van der Waals surface area contributed by atoms with Crippen molar-refractivity contribution in [3.8, 4) is 23.0 Å². The van der Waals surface area contributed by atoms with Gasteiger partial charge in [-0.25, -0.2) is 9.18 Å². The minimum atomic E-state index is -0.485. The molecule has 4 nitrogen and oxygen atoms in total. The minimum Gasteiger partial charge on any atom is -0.449 e. The standard InChI is InChI=1S/C26H22FNO3/c27-20-13-12-18(19(15-20)16-29)7-5-6-14-28-26(30)31-17-25-23-10-3-1-8-21(23)22-9-2-4-11-24(22)25/h1-4,8-13,15,25,29H,6,14,16-17H2,(H,28,30). The molecule has 0 radical (unpaired) electrons. The number of alkyl carbamates (subject to hydrolysis) is 1. The second kappa shape index (κ2) is 9.46. The van der Waals surface area contributed by atoms with E-state index in [2.05, 4.69) is 41.4 Å². The van der Waals surface area contributed by atoms with Gasteiger partial charge < -0.3 is 15.2 Å². The van der Waals surface area contributed by atoms with Gasteiger partial charge in [0.2, 0.25) is 0 Å². The maximum absolute atomic E-state index is 13.2. The predicted molar refractivity (Wildman–Crippen MR) is 117 cm³/mol. The molecule has 0 saturated carbocycles.